The van der Waals surface area contributed by atoms with Crippen LogP contribution in [-0.2, 0) is 30.3 Å². The third kappa shape index (κ3) is 7.56. The van der Waals surface area contributed by atoms with Crippen molar-refractivity contribution < 1.29 is 40.6 Å². The molecule has 0 N–H and O–H groups in total. The van der Waals surface area contributed by atoms with Crippen molar-refractivity contribution in [2.75, 3.05) is 33.3 Å². The summed E-state index contributed by atoms with van der Waals surface area (Å²) in [5.41, 5.74) is -1.48. The number of ether oxygens (including phenoxy) is 2. The average molecular weight is 636 g/mol. The van der Waals surface area contributed by atoms with Gasteiger partial charge < -0.3 is 14.4 Å². The minimum absolute atomic E-state index is 0.0719. The number of hydrogen-bond acceptors (Lipinski definition) is 6. The van der Waals surface area contributed by atoms with Gasteiger partial charge in [-0.3, -0.25) is 9.69 Å². The number of amidine groups is 1. The first-order valence-electron chi connectivity index (χ1n) is 13.5. The lowest BCUT2D eigenvalue weighted by Gasteiger charge is -2.35. The fraction of sp³-hybridized carbons (Fsp3) is 0.290. The van der Waals surface area contributed by atoms with Crippen molar-refractivity contribution in [3.63, 3.8) is 0 Å². The second-order valence-corrected chi connectivity index (χ2v) is 11.1. The molecule has 0 spiro atoms. The molecule has 1 saturated heterocycles. The van der Waals surface area contributed by atoms with E-state index in [0.717, 1.165) is 38.8 Å². The van der Waals surface area contributed by atoms with Crippen LogP contribution in [0.3, 0.4) is 0 Å². The fourth-order valence-electron chi connectivity index (χ4n) is 4.81. The van der Waals surface area contributed by atoms with E-state index in [4.69, 9.17) is 9.47 Å². The number of nitrogens with zero attached hydrogens (tertiary/aromatic N) is 3. The summed E-state index contributed by atoms with van der Waals surface area (Å²) in [6, 6.07) is 16.2. The molecule has 0 atom stereocenters. The molecule has 1 fully saturated rings. The van der Waals surface area contributed by atoms with E-state index in [9.17, 15) is 31.1 Å². The van der Waals surface area contributed by atoms with Crippen LogP contribution in [0.1, 0.15) is 27.8 Å². The normalized spacial score (nSPS) is 17.2. The molecule has 3 aromatic rings. The lowest BCUT2D eigenvalue weighted by Crippen LogP contribution is -2.47. The topological polar surface area (TPSA) is 54.4 Å². The standard InChI is InChI=1S/C31H27F6N3O3S/c1-42-26-15-21(7-10-25(26)43-19-22-8-9-23(30(32,33)34)17-24(22)31(35,36)37)16-27-28(41)38-29(44-27)40-13-11-39(12-14-40)18-20-5-3-2-4-6-20/h2-10,15-17H,11-14,18-19H2,1H3/b27-16-. The van der Waals surface area contributed by atoms with E-state index in [1.54, 1.807) is 18.2 Å². The van der Waals surface area contributed by atoms with Gasteiger partial charge in [0.15, 0.2) is 16.7 Å². The van der Waals surface area contributed by atoms with Crippen LogP contribution < -0.4 is 9.47 Å². The molecule has 0 aliphatic carbocycles. The highest BCUT2D eigenvalue weighted by Gasteiger charge is 2.38. The summed E-state index contributed by atoms with van der Waals surface area (Å²) in [4.78, 5) is 21.8. The van der Waals surface area contributed by atoms with Crippen molar-refractivity contribution >= 4 is 28.9 Å². The third-order valence-corrected chi connectivity index (χ3v) is 8.16. The Balaban J connectivity index is 1.22. The maximum Gasteiger partial charge on any atom is 0.416 e. The van der Waals surface area contributed by atoms with Crippen molar-refractivity contribution in [2.24, 2.45) is 4.99 Å². The number of carbonyl (C=O) groups excluding carboxylic acids is 1. The summed E-state index contributed by atoms with van der Waals surface area (Å²) in [5.74, 6) is -0.123. The van der Waals surface area contributed by atoms with E-state index < -0.39 is 35.6 Å². The largest absolute Gasteiger partial charge is 0.493 e. The molecule has 0 unspecified atom stereocenters. The van der Waals surface area contributed by atoms with Crippen molar-refractivity contribution in [2.45, 2.75) is 25.5 Å². The molecular weight excluding hydrogens is 608 g/mol. The molecule has 2 aliphatic rings. The molecular formula is C31H27F6N3O3S. The van der Waals surface area contributed by atoms with Gasteiger partial charge in [0, 0.05) is 38.3 Å². The summed E-state index contributed by atoms with van der Waals surface area (Å²) >= 11 is 1.27. The van der Waals surface area contributed by atoms with Crippen LogP contribution in [-0.4, -0.2) is 54.2 Å². The van der Waals surface area contributed by atoms with Gasteiger partial charge in [-0.15, -0.1) is 0 Å². The lowest BCUT2D eigenvalue weighted by molar-refractivity contribution is -0.143. The zero-order valence-corrected chi connectivity index (χ0v) is 24.2. The van der Waals surface area contributed by atoms with Gasteiger partial charge >= 0.3 is 12.4 Å². The maximum absolute atomic E-state index is 13.5. The smallest absolute Gasteiger partial charge is 0.416 e. The summed E-state index contributed by atoms with van der Waals surface area (Å²) in [7, 11) is 1.34. The fourth-order valence-corrected chi connectivity index (χ4v) is 5.78. The first-order valence-corrected chi connectivity index (χ1v) is 14.3. The number of amides is 1. The Kier molecular flexibility index (Phi) is 9.26. The van der Waals surface area contributed by atoms with Crippen molar-refractivity contribution in [1.29, 1.82) is 0 Å². The minimum Gasteiger partial charge on any atom is -0.493 e. The molecule has 0 aromatic heterocycles. The Labute approximate surface area is 254 Å². The number of thioether (sulfide) groups is 1. The average Bonchev–Trinajstić information content (AvgIpc) is 3.35. The predicted molar refractivity (Wildman–Crippen MR) is 155 cm³/mol. The summed E-state index contributed by atoms with van der Waals surface area (Å²) < 4.78 is 90.4. The van der Waals surface area contributed by atoms with Gasteiger partial charge in [0.1, 0.15) is 6.61 Å². The van der Waals surface area contributed by atoms with Crippen LogP contribution in [0.25, 0.3) is 6.08 Å². The zero-order chi connectivity index (χ0) is 31.5. The van der Waals surface area contributed by atoms with E-state index in [1.165, 1.54) is 30.5 Å². The van der Waals surface area contributed by atoms with Gasteiger partial charge in [0.2, 0.25) is 0 Å². The molecule has 6 nitrogen and oxygen atoms in total. The van der Waals surface area contributed by atoms with E-state index in [-0.39, 0.29) is 23.5 Å². The van der Waals surface area contributed by atoms with Crippen LogP contribution in [0.5, 0.6) is 11.5 Å². The van der Waals surface area contributed by atoms with Crippen molar-refractivity contribution in [1.82, 2.24) is 9.80 Å². The minimum atomic E-state index is -5.01. The summed E-state index contributed by atoms with van der Waals surface area (Å²) in [6.45, 7) is 3.33. The Hall–Kier alpha value is -3.97. The lowest BCUT2D eigenvalue weighted by atomic mass is 10.0. The number of halogens is 6. The van der Waals surface area contributed by atoms with E-state index >= 15 is 0 Å². The van der Waals surface area contributed by atoms with Gasteiger partial charge in [-0.1, -0.05) is 42.5 Å². The zero-order valence-electron chi connectivity index (χ0n) is 23.4. The molecule has 1 amide bonds. The first-order chi connectivity index (χ1) is 20.9. The number of aliphatic imine (C=N–C) groups is 1. The molecule has 0 saturated carbocycles. The maximum atomic E-state index is 13.5. The monoisotopic (exact) mass is 635 g/mol. The highest BCUT2D eigenvalue weighted by molar-refractivity contribution is 8.18. The number of hydrogen-bond donors (Lipinski definition) is 0. The van der Waals surface area contributed by atoms with Crippen molar-refractivity contribution in [3.8, 4) is 11.5 Å². The van der Waals surface area contributed by atoms with Crippen molar-refractivity contribution in [3.05, 3.63) is 99.5 Å². The predicted octanol–water partition coefficient (Wildman–Crippen LogP) is 7.10. The SMILES string of the molecule is COc1cc(/C=C2\SC(N3CCN(Cc4ccccc4)CC3)=NC2=O)ccc1OCc1ccc(C(F)(F)F)cc1C(F)(F)F. The van der Waals surface area contributed by atoms with Crippen LogP contribution in [0.4, 0.5) is 26.3 Å². The number of piperazine rings is 1. The van der Waals surface area contributed by atoms with Crippen LogP contribution in [0, 0.1) is 0 Å². The molecule has 2 aliphatic heterocycles. The summed E-state index contributed by atoms with van der Waals surface area (Å²) in [5, 5.41) is 0.629. The van der Waals surface area contributed by atoms with Crippen LogP contribution >= 0.6 is 11.8 Å². The van der Waals surface area contributed by atoms with E-state index in [0.29, 0.717) is 21.7 Å². The van der Waals surface area contributed by atoms with Gasteiger partial charge in [0.25, 0.3) is 5.91 Å². The van der Waals surface area contributed by atoms with Gasteiger partial charge in [-0.05, 0) is 53.2 Å². The van der Waals surface area contributed by atoms with Crippen LogP contribution in [0.15, 0.2) is 76.6 Å². The molecule has 0 bridgehead atoms. The Morgan fingerprint density at radius 2 is 1.61 bits per heavy atom. The van der Waals surface area contributed by atoms with Gasteiger partial charge in [-0.2, -0.15) is 31.3 Å². The number of alkyl halides is 6. The molecule has 13 heteroatoms. The molecule has 3 aromatic carbocycles. The molecule has 0 radical (unpaired) electrons. The number of carbonyl (C=O) groups is 1. The first kappa shape index (κ1) is 31.5. The number of methoxy groups -OCH3 is 1. The highest BCUT2D eigenvalue weighted by atomic mass is 32.2. The summed E-state index contributed by atoms with van der Waals surface area (Å²) in [6.07, 6.45) is -8.30. The molecule has 2 heterocycles. The highest BCUT2D eigenvalue weighted by Crippen LogP contribution is 2.39. The molecule has 44 heavy (non-hydrogen) atoms. The van der Waals surface area contributed by atoms with E-state index in [1.807, 2.05) is 18.2 Å². The van der Waals surface area contributed by atoms with E-state index in [2.05, 4.69) is 26.9 Å². The Morgan fingerprint density at radius 1 is 0.886 bits per heavy atom. The molecule has 232 valence electrons. The van der Waals surface area contributed by atoms with Gasteiger partial charge in [0.05, 0.1) is 23.1 Å². The molecule has 5 rings (SSSR count). The van der Waals surface area contributed by atoms with Gasteiger partial charge in [-0.25, -0.2) is 0 Å². The Morgan fingerprint density at radius 3 is 2.27 bits per heavy atom. The van der Waals surface area contributed by atoms with Crippen LogP contribution in [0.2, 0.25) is 0 Å². The number of benzene rings is 3. The number of rotatable bonds is 7. The third-order valence-electron chi connectivity index (χ3n) is 7.11. The Bertz CT molecular complexity index is 1570. The second-order valence-electron chi connectivity index (χ2n) is 10.1. The second kappa shape index (κ2) is 12.9. The quantitative estimate of drug-likeness (QED) is 0.204.